The normalized spacial score (nSPS) is 21.6. The number of nitrogens with zero attached hydrogens (tertiary/aromatic N) is 2. The van der Waals surface area contributed by atoms with Crippen LogP contribution < -0.4 is 0 Å². The molecule has 5 rings (SSSR count). The smallest absolute Gasteiger partial charge is 0.416 e. The number of aromatic amines is 1. The van der Waals surface area contributed by atoms with Crippen LogP contribution in [0, 0.1) is 5.92 Å². The molecule has 0 saturated carbocycles. The number of aromatic nitrogens is 2. The van der Waals surface area contributed by atoms with Crippen LogP contribution in [0.25, 0.3) is 11.0 Å². The number of aliphatic carboxylic acids is 2. The number of hydrogen-bond acceptors (Lipinski definition) is 5. The Kier molecular flexibility index (Phi) is 5.97. The molecule has 1 saturated heterocycles. The molecule has 0 aliphatic carbocycles. The van der Waals surface area contributed by atoms with Gasteiger partial charge in [-0.15, -0.1) is 0 Å². The number of carboxylic acids is 2. The molecule has 1 aliphatic heterocycles. The van der Waals surface area contributed by atoms with Gasteiger partial charge in [-0.2, -0.15) is 13.2 Å². The Morgan fingerprint density at radius 1 is 1.11 bits per heavy atom. The summed E-state index contributed by atoms with van der Waals surface area (Å²) >= 11 is 0. The Morgan fingerprint density at radius 3 is 2.39 bits per heavy atom. The Hall–Kier alpha value is -4.61. The van der Waals surface area contributed by atoms with Crippen LogP contribution in [0.5, 0.6) is 0 Å². The quantitative estimate of drug-likeness (QED) is 0.335. The van der Waals surface area contributed by atoms with Gasteiger partial charge in [-0.05, 0) is 42.8 Å². The Morgan fingerprint density at radius 2 is 1.82 bits per heavy atom. The number of nitrogens with one attached hydrogen (secondary N) is 1. The lowest BCUT2D eigenvalue weighted by molar-refractivity contribution is -0.149. The number of halogens is 3. The van der Waals surface area contributed by atoms with Gasteiger partial charge in [0.1, 0.15) is 22.9 Å². The topological polar surface area (TPSA) is 137 Å². The molecular weight excluding hydrogens is 507 g/mol. The Labute approximate surface area is 212 Å². The molecule has 0 bridgehead atoms. The molecule has 196 valence electrons. The largest absolute Gasteiger partial charge is 0.481 e. The van der Waals surface area contributed by atoms with Gasteiger partial charge >= 0.3 is 18.1 Å². The molecule has 2 aromatic carbocycles. The third-order valence-corrected chi connectivity index (χ3v) is 6.85. The van der Waals surface area contributed by atoms with Crippen LogP contribution in [0.15, 0.2) is 71.5 Å². The second-order valence-corrected chi connectivity index (χ2v) is 9.12. The number of H-pyrrole nitrogens is 1. The summed E-state index contributed by atoms with van der Waals surface area (Å²) in [4.78, 5) is 46.9. The number of alkyl halides is 3. The molecule has 3 heterocycles. The van der Waals surface area contributed by atoms with Gasteiger partial charge in [-0.3, -0.25) is 9.59 Å². The van der Waals surface area contributed by atoms with E-state index in [0.29, 0.717) is 28.8 Å². The first-order chi connectivity index (χ1) is 18.0. The maximum Gasteiger partial charge on any atom is 0.416 e. The summed E-state index contributed by atoms with van der Waals surface area (Å²) in [5, 5.41) is 21.2. The van der Waals surface area contributed by atoms with Crippen molar-refractivity contribution in [3.63, 3.8) is 0 Å². The van der Waals surface area contributed by atoms with E-state index < -0.39 is 53.5 Å². The lowest BCUT2D eigenvalue weighted by Gasteiger charge is -2.37. The fourth-order valence-electron chi connectivity index (χ4n) is 5.10. The van der Waals surface area contributed by atoms with Crippen LogP contribution in [-0.4, -0.2) is 48.5 Å². The third kappa shape index (κ3) is 4.17. The fraction of sp³-hybridized carbons (Fsp3) is 0.231. The van der Waals surface area contributed by atoms with Crippen LogP contribution in [0.3, 0.4) is 0 Å². The molecule has 0 spiro atoms. The summed E-state index contributed by atoms with van der Waals surface area (Å²) in [5.41, 5.74) is -2.59. The molecule has 2 aromatic heterocycles. The number of benzene rings is 2. The molecule has 0 radical (unpaired) electrons. The highest BCUT2D eigenvalue weighted by molar-refractivity contribution is 6.00. The van der Waals surface area contributed by atoms with Gasteiger partial charge in [-0.1, -0.05) is 18.2 Å². The van der Waals surface area contributed by atoms with E-state index in [2.05, 4.69) is 9.97 Å². The van der Waals surface area contributed by atoms with Gasteiger partial charge in [0, 0.05) is 29.3 Å². The second-order valence-electron chi connectivity index (χ2n) is 9.12. The zero-order valence-corrected chi connectivity index (χ0v) is 19.5. The average molecular weight is 527 g/mol. The van der Waals surface area contributed by atoms with E-state index >= 15 is 0 Å². The zero-order valence-electron chi connectivity index (χ0n) is 19.5. The number of fused-ring (bicyclic) bond motifs is 1. The van der Waals surface area contributed by atoms with Crippen molar-refractivity contribution < 1.29 is 42.2 Å². The minimum Gasteiger partial charge on any atom is -0.481 e. The second kappa shape index (κ2) is 9.05. The lowest BCUT2D eigenvalue weighted by Crippen LogP contribution is -2.55. The van der Waals surface area contributed by atoms with Crippen molar-refractivity contribution >= 4 is 28.8 Å². The first kappa shape index (κ1) is 25.1. The fourth-order valence-corrected chi connectivity index (χ4v) is 5.10. The van der Waals surface area contributed by atoms with Crippen molar-refractivity contribution in [2.75, 3.05) is 0 Å². The number of carbonyl (C=O) groups excluding carboxylic acids is 1. The van der Waals surface area contributed by atoms with E-state index in [1.54, 1.807) is 24.3 Å². The summed E-state index contributed by atoms with van der Waals surface area (Å²) in [6.45, 7) is 0. The number of imidazole rings is 1. The minimum absolute atomic E-state index is 0.0478. The van der Waals surface area contributed by atoms with Crippen molar-refractivity contribution in [2.24, 2.45) is 5.92 Å². The van der Waals surface area contributed by atoms with Crippen LogP contribution in [-0.2, 0) is 22.2 Å². The number of rotatable bonds is 6. The third-order valence-electron chi connectivity index (χ3n) is 6.85. The van der Waals surface area contributed by atoms with Crippen LogP contribution in [0.4, 0.5) is 13.2 Å². The highest BCUT2D eigenvalue weighted by atomic mass is 19.4. The average Bonchev–Trinajstić information content (AvgIpc) is 3.61. The van der Waals surface area contributed by atoms with Crippen molar-refractivity contribution in [1.29, 1.82) is 0 Å². The molecule has 3 atom stereocenters. The molecule has 12 heteroatoms. The highest BCUT2D eigenvalue weighted by Gasteiger charge is 2.62. The highest BCUT2D eigenvalue weighted by Crippen LogP contribution is 2.50. The predicted molar refractivity (Wildman–Crippen MR) is 125 cm³/mol. The van der Waals surface area contributed by atoms with E-state index in [4.69, 9.17) is 4.42 Å². The number of furan rings is 1. The van der Waals surface area contributed by atoms with Crippen molar-refractivity contribution in [3.05, 3.63) is 89.7 Å². The molecule has 3 N–H and O–H groups in total. The molecule has 4 aromatic rings. The van der Waals surface area contributed by atoms with E-state index in [9.17, 15) is 37.8 Å². The SMILES string of the molecule is O=C(O)C1CC(Cc2cnc[nH]2)(C(=O)O)N(C(=O)c2ccc(C(F)(F)F)cc2)C1c1cc2ccccc2o1. The van der Waals surface area contributed by atoms with E-state index in [-0.39, 0.29) is 17.7 Å². The molecule has 1 aliphatic rings. The van der Waals surface area contributed by atoms with Crippen molar-refractivity contribution in [1.82, 2.24) is 14.9 Å². The van der Waals surface area contributed by atoms with E-state index in [1.807, 2.05) is 0 Å². The Balaban J connectivity index is 1.70. The van der Waals surface area contributed by atoms with Gasteiger partial charge < -0.3 is 24.5 Å². The molecule has 3 unspecified atom stereocenters. The number of amides is 1. The molecule has 9 nitrogen and oxygen atoms in total. The van der Waals surface area contributed by atoms with Crippen LogP contribution in [0.1, 0.15) is 39.8 Å². The minimum atomic E-state index is -4.65. The van der Waals surface area contributed by atoms with E-state index in [1.165, 1.54) is 18.6 Å². The van der Waals surface area contributed by atoms with Crippen LogP contribution in [0.2, 0.25) is 0 Å². The monoisotopic (exact) mass is 527 g/mol. The summed E-state index contributed by atoms with van der Waals surface area (Å²) in [6, 6.07) is 10.3. The number of likely N-dealkylation sites (tertiary alicyclic amines) is 1. The molecule has 1 amide bonds. The number of carbonyl (C=O) groups is 3. The van der Waals surface area contributed by atoms with Gasteiger partial charge in [0.05, 0.1) is 17.8 Å². The van der Waals surface area contributed by atoms with Gasteiger partial charge in [-0.25, -0.2) is 9.78 Å². The number of hydrogen-bond donors (Lipinski definition) is 3. The van der Waals surface area contributed by atoms with Crippen molar-refractivity contribution in [3.8, 4) is 0 Å². The maximum atomic E-state index is 13.9. The van der Waals surface area contributed by atoms with Gasteiger partial charge in [0.2, 0.25) is 0 Å². The lowest BCUT2D eigenvalue weighted by atomic mass is 9.86. The zero-order chi connectivity index (χ0) is 27.2. The summed E-state index contributed by atoms with van der Waals surface area (Å²) < 4.78 is 45.3. The Bertz CT molecular complexity index is 1480. The van der Waals surface area contributed by atoms with Gasteiger partial charge in [0.15, 0.2) is 0 Å². The molecular formula is C26H20F3N3O6. The van der Waals surface area contributed by atoms with Crippen LogP contribution >= 0.6 is 0 Å². The predicted octanol–water partition coefficient (Wildman–Crippen LogP) is 4.53. The first-order valence-electron chi connectivity index (χ1n) is 11.4. The van der Waals surface area contributed by atoms with E-state index in [0.717, 1.165) is 17.0 Å². The summed E-state index contributed by atoms with van der Waals surface area (Å²) in [5.74, 6) is -5.12. The summed E-state index contributed by atoms with van der Waals surface area (Å²) in [7, 11) is 0. The number of para-hydroxylation sites is 1. The number of carboxylic acid groups (broad SMARTS) is 2. The standard InChI is InChI=1S/C26H20F3N3O6/c27-26(28,29)16-7-5-14(6-8-16)22(33)32-21(20-9-15-3-1-2-4-19(15)38-20)18(23(34)35)11-25(32,24(36)37)10-17-12-30-13-31-17/h1-9,12-13,18,21H,10-11H2,(H,30,31)(H,34,35)(H,36,37). The van der Waals surface area contributed by atoms with Gasteiger partial charge in [0.25, 0.3) is 5.91 Å². The maximum absolute atomic E-state index is 13.9. The first-order valence-corrected chi connectivity index (χ1v) is 11.4. The van der Waals surface area contributed by atoms with Crippen molar-refractivity contribution in [2.45, 2.75) is 30.6 Å². The summed E-state index contributed by atoms with van der Waals surface area (Å²) in [6.07, 6.45) is -2.78. The molecule has 1 fully saturated rings. The molecule has 38 heavy (non-hydrogen) atoms.